The van der Waals surface area contributed by atoms with Crippen LogP contribution in [0.4, 0.5) is 20.8 Å². The molecule has 0 bridgehead atoms. The topological polar surface area (TPSA) is 105 Å². The van der Waals surface area contributed by atoms with Gasteiger partial charge in [-0.3, -0.25) is 9.69 Å². The van der Waals surface area contributed by atoms with Crippen molar-refractivity contribution in [3.8, 4) is 11.3 Å². The summed E-state index contributed by atoms with van der Waals surface area (Å²) < 4.78 is 19.2. The van der Waals surface area contributed by atoms with Gasteiger partial charge in [0.2, 0.25) is 5.95 Å². The molecule has 1 aliphatic rings. The van der Waals surface area contributed by atoms with Crippen LogP contribution in [0, 0.1) is 5.82 Å². The second-order valence-corrected chi connectivity index (χ2v) is 6.74. The van der Waals surface area contributed by atoms with Crippen LogP contribution in [-0.4, -0.2) is 47.3 Å². The lowest BCUT2D eigenvalue weighted by molar-refractivity contribution is -0.122. The molecule has 1 amide bonds. The Balaban J connectivity index is 0.00000101. The van der Waals surface area contributed by atoms with E-state index in [1.807, 2.05) is 6.92 Å². The van der Waals surface area contributed by atoms with Gasteiger partial charge in [-0.25, -0.2) is 19.2 Å². The van der Waals surface area contributed by atoms with E-state index in [2.05, 4.69) is 15.3 Å². The van der Waals surface area contributed by atoms with E-state index >= 15 is 0 Å². The number of hydrogen-bond acceptors (Lipinski definition) is 6. The Morgan fingerprint density at radius 3 is 2.70 bits per heavy atom. The summed E-state index contributed by atoms with van der Waals surface area (Å²) in [6.45, 7) is 2.04. The van der Waals surface area contributed by atoms with E-state index in [1.165, 1.54) is 37.5 Å². The fourth-order valence-electron chi connectivity index (χ4n) is 3.42. The lowest BCUT2D eigenvalue weighted by Gasteiger charge is -2.23. The van der Waals surface area contributed by atoms with E-state index in [1.54, 1.807) is 24.3 Å². The standard InChI is InChI=1S/C20H25FN4O2.CH2O2/c1-3-25(20(26)27-2)16-11-7-8-14(12-16)18-17(21)13-22-19(24-18)23-15-9-5-4-6-10-15;2-1-3/h7-8,11-13,15H,3-6,9-10H2,1-2H3,(H,22,23,24);1H,(H,2,3). The maximum absolute atomic E-state index is 14.4. The van der Waals surface area contributed by atoms with Gasteiger partial charge < -0.3 is 15.2 Å². The second-order valence-electron chi connectivity index (χ2n) is 6.74. The van der Waals surface area contributed by atoms with Crippen LogP contribution in [-0.2, 0) is 9.53 Å². The number of methoxy groups -OCH3 is 1. The van der Waals surface area contributed by atoms with Gasteiger partial charge in [0, 0.05) is 23.8 Å². The van der Waals surface area contributed by atoms with Crippen LogP contribution in [0.2, 0.25) is 0 Å². The van der Waals surface area contributed by atoms with Crippen LogP contribution >= 0.6 is 0 Å². The molecule has 2 aromatic rings. The van der Waals surface area contributed by atoms with Crippen LogP contribution in [0.15, 0.2) is 30.5 Å². The molecule has 0 aliphatic heterocycles. The molecular weight excluding hydrogens is 391 g/mol. The monoisotopic (exact) mass is 418 g/mol. The summed E-state index contributed by atoms with van der Waals surface area (Å²) in [7, 11) is 1.34. The van der Waals surface area contributed by atoms with E-state index in [-0.39, 0.29) is 12.2 Å². The molecule has 1 saturated carbocycles. The normalized spacial score (nSPS) is 13.6. The number of hydrogen-bond donors (Lipinski definition) is 2. The van der Waals surface area contributed by atoms with Crippen molar-refractivity contribution in [1.82, 2.24) is 9.97 Å². The van der Waals surface area contributed by atoms with E-state index < -0.39 is 11.9 Å². The first-order valence-electron chi connectivity index (χ1n) is 9.86. The van der Waals surface area contributed by atoms with Crippen LogP contribution in [0.3, 0.4) is 0 Å². The highest BCUT2D eigenvalue weighted by atomic mass is 19.1. The number of ether oxygens (including phenoxy) is 1. The van der Waals surface area contributed by atoms with Crippen molar-refractivity contribution in [3.05, 3.63) is 36.3 Å². The summed E-state index contributed by atoms with van der Waals surface area (Å²) >= 11 is 0. The molecule has 0 saturated heterocycles. The number of anilines is 2. The van der Waals surface area contributed by atoms with Gasteiger partial charge in [0.1, 0.15) is 5.69 Å². The van der Waals surface area contributed by atoms with Crippen LogP contribution in [0.1, 0.15) is 39.0 Å². The maximum Gasteiger partial charge on any atom is 0.413 e. The Bertz CT molecular complexity index is 844. The zero-order valence-corrected chi connectivity index (χ0v) is 17.2. The van der Waals surface area contributed by atoms with Crippen LogP contribution in [0.25, 0.3) is 11.3 Å². The number of amides is 1. The molecule has 162 valence electrons. The zero-order valence-electron chi connectivity index (χ0n) is 17.2. The van der Waals surface area contributed by atoms with Gasteiger partial charge in [0.15, 0.2) is 5.82 Å². The minimum atomic E-state index is -0.498. The molecule has 30 heavy (non-hydrogen) atoms. The average molecular weight is 418 g/mol. The quantitative estimate of drug-likeness (QED) is 0.697. The Kier molecular flexibility index (Phi) is 8.99. The highest BCUT2D eigenvalue weighted by Crippen LogP contribution is 2.27. The molecule has 0 atom stereocenters. The van der Waals surface area contributed by atoms with E-state index in [0.717, 1.165) is 12.8 Å². The summed E-state index contributed by atoms with van der Waals surface area (Å²) in [5.41, 5.74) is 1.43. The molecule has 1 fully saturated rings. The first-order chi connectivity index (χ1) is 14.5. The number of rotatable bonds is 5. The smallest absolute Gasteiger partial charge is 0.413 e. The van der Waals surface area contributed by atoms with Crippen LogP contribution in [0.5, 0.6) is 0 Å². The number of carboxylic acid groups (broad SMARTS) is 1. The third-order valence-corrected chi connectivity index (χ3v) is 4.83. The molecule has 1 heterocycles. The predicted molar refractivity (Wildman–Crippen MR) is 112 cm³/mol. The fraction of sp³-hybridized carbons (Fsp3) is 0.429. The average Bonchev–Trinajstić information content (AvgIpc) is 2.77. The summed E-state index contributed by atoms with van der Waals surface area (Å²) in [5, 5.41) is 10.2. The number of carbonyl (C=O) groups is 2. The lowest BCUT2D eigenvalue weighted by atomic mass is 9.96. The molecule has 0 radical (unpaired) electrons. The van der Waals surface area contributed by atoms with Crippen molar-refractivity contribution in [2.75, 3.05) is 23.9 Å². The van der Waals surface area contributed by atoms with Gasteiger partial charge in [-0.1, -0.05) is 31.4 Å². The molecule has 1 aromatic carbocycles. The minimum absolute atomic E-state index is 0.214. The van der Waals surface area contributed by atoms with Crippen molar-refractivity contribution in [2.24, 2.45) is 0 Å². The van der Waals surface area contributed by atoms with Gasteiger partial charge >= 0.3 is 6.09 Å². The lowest BCUT2D eigenvalue weighted by Crippen LogP contribution is -2.30. The molecular formula is C21H27FN4O4. The molecule has 2 N–H and O–H groups in total. The molecule has 0 unspecified atom stereocenters. The highest BCUT2D eigenvalue weighted by Gasteiger charge is 2.18. The number of carbonyl (C=O) groups excluding carboxylic acids is 1. The van der Waals surface area contributed by atoms with Gasteiger partial charge in [-0.15, -0.1) is 0 Å². The molecule has 9 heteroatoms. The van der Waals surface area contributed by atoms with E-state index in [0.29, 0.717) is 29.8 Å². The summed E-state index contributed by atoms with van der Waals surface area (Å²) in [6, 6.07) is 7.38. The van der Waals surface area contributed by atoms with Crippen molar-refractivity contribution in [2.45, 2.75) is 45.1 Å². The second kappa shape index (κ2) is 11.7. The minimum Gasteiger partial charge on any atom is -0.483 e. The van der Waals surface area contributed by atoms with Crippen molar-refractivity contribution < 1.29 is 23.8 Å². The first-order valence-corrected chi connectivity index (χ1v) is 9.86. The predicted octanol–water partition coefficient (Wildman–Crippen LogP) is 4.32. The molecule has 1 aromatic heterocycles. The Morgan fingerprint density at radius 1 is 1.37 bits per heavy atom. The van der Waals surface area contributed by atoms with Crippen LogP contribution < -0.4 is 10.2 Å². The summed E-state index contributed by atoms with van der Waals surface area (Å²) in [6.07, 6.45) is 6.53. The van der Waals surface area contributed by atoms with Crippen molar-refractivity contribution in [1.29, 1.82) is 0 Å². The van der Waals surface area contributed by atoms with Gasteiger partial charge in [0.05, 0.1) is 13.3 Å². The molecule has 0 spiro atoms. The van der Waals surface area contributed by atoms with Crippen molar-refractivity contribution >= 4 is 24.2 Å². The molecule has 8 nitrogen and oxygen atoms in total. The number of nitrogens with zero attached hydrogens (tertiary/aromatic N) is 3. The fourth-order valence-corrected chi connectivity index (χ4v) is 3.42. The largest absolute Gasteiger partial charge is 0.483 e. The first kappa shape index (κ1) is 23.1. The number of nitrogens with one attached hydrogen (secondary N) is 1. The third-order valence-electron chi connectivity index (χ3n) is 4.83. The van der Waals surface area contributed by atoms with E-state index in [4.69, 9.17) is 14.6 Å². The maximum atomic E-state index is 14.4. The SMILES string of the molecule is CCN(C(=O)OC)c1cccc(-c2nc(NC3CCCCC3)ncc2F)c1.O=CO. The number of aromatic nitrogens is 2. The molecule has 1 aliphatic carbocycles. The van der Waals surface area contributed by atoms with Gasteiger partial charge in [-0.2, -0.15) is 0 Å². The van der Waals surface area contributed by atoms with Gasteiger partial charge in [0.25, 0.3) is 6.47 Å². The number of benzene rings is 1. The Morgan fingerprint density at radius 2 is 2.07 bits per heavy atom. The number of halogens is 1. The molecule has 3 rings (SSSR count). The zero-order chi connectivity index (χ0) is 21.9. The van der Waals surface area contributed by atoms with Gasteiger partial charge in [-0.05, 0) is 31.9 Å². The highest BCUT2D eigenvalue weighted by molar-refractivity contribution is 5.88. The summed E-state index contributed by atoms with van der Waals surface area (Å²) in [4.78, 5) is 30.3. The van der Waals surface area contributed by atoms with E-state index in [9.17, 15) is 9.18 Å². The third kappa shape index (κ3) is 6.13. The Hall–Kier alpha value is -3.23. The Labute approximate surface area is 175 Å². The summed E-state index contributed by atoms with van der Waals surface area (Å²) in [5.74, 6) is -0.0634. The van der Waals surface area contributed by atoms with Crippen molar-refractivity contribution in [3.63, 3.8) is 0 Å².